The van der Waals surface area contributed by atoms with Gasteiger partial charge in [-0.15, -0.1) is 0 Å². The van der Waals surface area contributed by atoms with Crippen LogP contribution in [0.3, 0.4) is 0 Å². The standard InChI is InChI=1S/C13H15N5/c1-9(2)18-8-11(7-15-18)12-6-13-14-4-5-17(13)16-10(12)3/h4-9H,1-3H3. The summed E-state index contributed by atoms with van der Waals surface area (Å²) in [5.41, 5.74) is 4.00. The first-order valence-electron chi connectivity index (χ1n) is 6.00. The number of aryl methyl sites for hydroxylation is 1. The fraction of sp³-hybridized carbons (Fsp3) is 0.308. The summed E-state index contributed by atoms with van der Waals surface area (Å²) < 4.78 is 3.73. The van der Waals surface area contributed by atoms with Crippen molar-refractivity contribution in [3.05, 3.63) is 36.5 Å². The van der Waals surface area contributed by atoms with Gasteiger partial charge in [-0.05, 0) is 26.8 Å². The van der Waals surface area contributed by atoms with E-state index in [1.807, 2.05) is 36.3 Å². The lowest BCUT2D eigenvalue weighted by atomic mass is 10.1. The molecule has 5 heteroatoms. The third-order valence-corrected chi connectivity index (χ3v) is 3.01. The lowest BCUT2D eigenvalue weighted by molar-refractivity contribution is 0.532. The highest BCUT2D eigenvalue weighted by molar-refractivity contribution is 5.67. The number of hydrogen-bond acceptors (Lipinski definition) is 3. The first kappa shape index (κ1) is 11.0. The zero-order valence-electron chi connectivity index (χ0n) is 10.7. The van der Waals surface area contributed by atoms with Gasteiger partial charge in [-0.3, -0.25) is 4.68 Å². The second-order valence-electron chi connectivity index (χ2n) is 4.68. The minimum atomic E-state index is 0.363. The second-order valence-corrected chi connectivity index (χ2v) is 4.68. The van der Waals surface area contributed by atoms with Crippen molar-refractivity contribution < 1.29 is 0 Å². The molecule has 3 aromatic heterocycles. The molecule has 0 atom stereocenters. The molecule has 92 valence electrons. The molecule has 0 unspecified atom stereocenters. The summed E-state index contributed by atoms with van der Waals surface area (Å²) in [5, 5.41) is 8.85. The molecular formula is C13H15N5. The van der Waals surface area contributed by atoms with Crippen molar-refractivity contribution in [1.29, 1.82) is 0 Å². The Kier molecular flexibility index (Phi) is 2.40. The molecule has 3 aromatic rings. The van der Waals surface area contributed by atoms with Gasteiger partial charge in [0, 0.05) is 35.8 Å². The number of rotatable bonds is 2. The Morgan fingerprint density at radius 3 is 2.83 bits per heavy atom. The van der Waals surface area contributed by atoms with E-state index in [1.54, 1.807) is 10.7 Å². The van der Waals surface area contributed by atoms with Gasteiger partial charge in [-0.1, -0.05) is 0 Å². The number of hydrogen-bond donors (Lipinski definition) is 0. The summed E-state index contributed by atoms with van der Waals surface area (Å²) >= 11 is 0. The van der Waals surface area contributed by atoms with Crippen molar-refractivity contribution in [3.63, 3.8) is 0 Å². The monoisotopic (exact) mass is 241 g/mol. The van der Waals surface area contributed by atoms with Crippen molar-refractivity contribution in [1.82, 2.24) is 24.4 Å². The molecule has 0 aromatic carbocycles. The Bertz CT molecular complexity index is 692. The topological polar surface area (TPSA) is 48.0 Å². The lowest BCUT2D eigenvalue weighted by Crippen LogP contribution is -2.00. The van der Waals surface area contributed by atoms with Crippen LogP contribution < -0.4 is 0 Å². The van der Waals surface area contributed by atoms with Gasteiger partial charge in [0.05, 0.1) is 11.9 Å². The number of nitrogens with zero attached hydrogens (tertiary/aromatic N) is 5. The van der Waals surface area contributed by atoms with Gasteiger partial charge >= 0.3 is 0 Å². The number of fused-ring (bicyclic) bond motifs is 1. The molecule has 3 rings (SSSR count). The van der Waals surface area contributed by atoms with Crippen LogP contribution in [0.1, 0.15) is 25.6 Å². The summed E-state index contributed by atoms with van der Waals surface area (Å²) in [5.74, 6) is 0. The van der Waals surface area contributed by atoms with Crippen molar-refractivity contribution in [2.45, 2.75) is 26.8 Å². The summed E-state index contributed by atoms with van der Waals surface area (Å²) in [6.45, 7) is 6.22. The molecule has 3 heterocycles. The molecule has 0 fully saturated rings. The molecule has 0 amide bonds. The fourth-order valence-corrected chi connectivity index (χ4v) is 2.00. The minimum absolute atomic E-state index is 0.363. The molecule has 0 radical (unpaired) electrons. The lowest BCUT2D eigenvalue weighted by Gasteiger charge is -2.05. The highest BCUT2D eigenvalue weighted by Crippen LogP contribution is 2.23. The molecule has 18 heavy (non-hydrogen) atoms. The number of imidazole rings is 1. The smallest absolute Gasteiger partial charge is 0.154 e. The fourth-order valence-electron chi connectivity index (χ4n) is 2.00. The predicted octanol–water partition coefficient (Wildman–Crippen LogP) is 2.48. The number of aromatic nitrogens is 5. The summed E-state index contributed by atoms with van der Waals surface area (Å²) in [6.07, 6.45) is 7.53. The van der Waals surface area contributed by atoms with E-state index < -0.39 is 0 Å². The van der Waals surface area contributed by atoms with E-state index in [0.29, 0.717) is 6.04 Å². The van der Waals surface area contributed by atoms with Crippen LogP contribution in [0, 0.1) is 6.92 Å². The van der Waals surface area contributed by atoms with Crippen molar-refractivity contribution in [2.24, 2.45) is 0 Å². The average molecular weight is 241 g/mol. The van der Waals surface area contributed by atoms with Gasteiger partial charge < -0.3 is 0 Å². The van der Waals surface area contributed by atoms with Crippen LogP contribution >= 0.6 is 0 Å². The Balaban J connectivity index is 2.14. The second kappa shape index (κ2) is 3.94. The van der Waals surface area contributed by atoms with Crippen molar-refractivity contribution in [3.8, 4) is 11.1 Å². The van der Waals surface area contributed by atoms with Gasteiger partial charge in [0.1, 0.15) is 0 Å². The van der Waals surface area contributed by atoms with Crippen LogP contribution in [0.2, 0.25) is 0 Å². The molecule has 0 saturated carbocycles. The highest BCUT2D eigenvalue weighted by Gasteiger charge is 2.09. The first-order chi connectivity index (χ1) is 8.65. The van der Waals surface area contributed by atoms with E-state index in [4.69, 9.17) is 0 Å². The maximum atomic E-state index is 4.48. The van der Waals surface area contributed by atoms with Crippen molar-refractivity contribution in [2.75, 3.05) is 0 Å². The van der Waals surface area contributed by atoms with E-state index in [-0.39, 0.29) is 0 Å². The van der Waals surface area contributed by atoms with Crippen LogP contribution in [-0.2, 0) is 0 Å². The average Bonchev–Trinajstić information content (AvgIpc) is 2.94. The van der Waals surface area contributed by atoms with E-state index >= 15 is 0 Å². The van der Waals surface area contributed by atoms with E-state index in [2.05, 4.69) is 29.0 Å². The third kappa shape index (κ3) is 1.68. The zero-order valence-corrected chi connectivity index (χ0v) is 10.7. The van der Waals surface area contributed by atoms with Gasteiger partial charge in [-0.25, -0.2) is 9.50 Å². The maximum absolute atomic E-state index is 4.48. The molecule has 0 bridgehead atoms. The van der Waals surface area contributed by atoms with Crippen LogP contribution in [-0.4, -0.2) is 24.4 Å². The predicted molar refractivity (Wildman–Crippen MR) is 69.3 cm³/mol. The Morgan fingerprint density at radius 2 is 2.11 bits per heavy atom. The third-order valence-electron chi connectivity index (χ3n) is 3.01. The SMILES string of the molecule is Cc1nn2ccnc2cc1-c1cnn(C(C)C)c1. The van der Waals surface area contributed by atoms with Crippen LogP contribution in [0.4, 0.5) is 0 Å². The normalized spacial score (nSPS) is 11.6. The summed E-state index contributed by atoms with van der Waals surface area (Å²) in [4.78, 5) is 4.26. The molecule has 0 N–H and O–H groups in total. The Labute approximate surface area is 105 Å². The molecule has 0 aliphatic carbocycles. The summed E-state index contributed by atoms with van der Waals surface area (Å²) in [6, 6.07) is 2.41. The van der Waals surface area contributed by atoms with Gasteiger partial charge in [0.2, 0.25) is 0 Å². The molecular weight excluding hydrogens is 226 g/mol. The molecule has 0 aliphatic rings. The van der Waals surface area contributed by atoms with Gasteiger partial charge in [-0.2, -0.15) is 10.2 Å². The Hall–Kier alpha value is -2.17. The molecule has 0 saturated heterocycles. The molecule has 0 spiro atoms. The zero-order chi connectivity index (χ0) is 12.7. The van der Waals surface area contributed by atoms with E-state index in [0.717, 1.165) is 22.5 Å². The molecule has 5 nitrogen and oxygen atoms in total. The van der Waals surface area contributed by atoms with Crippen LogP contribution in [0.15, 0.2) is 30.9 Å². The van der Waals surface area contributed by atoms with Crippen molar-refractivity contribution >= 4 is 5.65 Å². The largest absolute Gasteiger partial charge is 0.270 e. The quantitative estimate of drug-likeness (QED) is 0.692. The van der Waals surface area contributed by atoms with E-state index in [9.17, 15) is 0 Å². The maximum Gasteiger partial charge on any atom is 0.154 e. The molecule has 0 aliphatic heterocycles. The van der Waals surface area contributed by atoms with Gasteiger partial charge in [0.15, 0.2) is 5.65 Å². The van der Waals surface area contributed by atoms with E-state index in [1.165, 1.54) is 0 Å². The van der Waals surface area contributed by atoms with Crippen LogP contribution in [0.25, 0.3) is 16.8 Å². The van der Waals surface area contributed by atoms with Crippen LogP contribution in [0.5, 0.6) is 0 Å². The minimum Gasteiger partial charge on any atom is -0.270 e. The first-order valence-corrected chi connectivity index (χ1v) is 6.00. The summed E-state index contributed by atoms with van der Waals surface area (Å²) in [7, 11) is 0. The Morgan fingerprint density at radius 1 is 1.28 bits per heavy atom. The van der Waals surface area contributed by atoms with Gasteiger partial charge in [0.25, 0.3) is 0 Å². The highest BCUT2D eigenvalue weighted by atomic mass is 15.3.